The zero-order valence-electron chi connectivity index (χ0n) is 15.3. The lowest BCUT2D eigenvalue weighted by Gasteiger charge is -2.21. The van der Waals surface area contributed by atoms with Gasteiger partial charge < -0.3 is 14.6 Å². The molecule has 3 aromatic rings. The molecule has 0 radical (unpaired) electrons. The number of rotatable bonds is 7. The smallest absolute Gasteiger partial charge is 0.143 e. The van der Waals surface area contributed by atoms with E-state index in [2.05, 4.69) is 48.4 Å². The highest BCUT2D eigenvalue weighted by Crippen LogP contribution is 2.27. The first-order valence-electron chi connectivity index (χ1n) is 9.17. The molecule has 0 amide bonds. The third kappa shape index (κ3) is 3.40. The van der Waals surface area contributed by atoms with Crippen LogP contribution in [0.2, 0.25) is 0 Å². The Morgan fingerprint density at radius 1 is 1.00 bits per heavy atom. The summed E-state index contributed by atoms with van der Waals surface area (Å²) in [6.45, 7) is 9.25. The molecule has 0 saturated heterocycles. The van der Waals surface area contributed by atoms with Crippen LogP contribution < -0.4 is 4.90 Å². The van der Waals surface area contributed by atoms with E-state index in [9.17, 15) is 5.11 Å². The minimum atomic E-state index is -0.718. The van der Waals surface area contributed by atoms with Gasteiger partial charge in [-0.05, 0) is 50.1 Å². The van der Waals surface area contributed by atoms with E-state index in [-0.39, 0.29) is 0 Å². The van der Waals surface area contributed by atoms with Crippen molar-refractivity contribution in [2.75, 3.05) is 18.0 Å². The van der Waals surface area contributed by atoms with Gasteiger partial charge in [-0.1, -0.05) is 31.2 Å². The molecule has 0 aliphatic carbocycles. The topological polar surface area (TPSA) is 41.3 Å². The average Bonchev–Trinajstić information content (AvgIpc) is 3.02. The molecule has 1 aromatic heterocycles. The van der Waals surface area contributed by atoms with Crippen molar-refractivity contribution in [2.24, 2.45) is 0 Å². The minimum absolute atomic E-state index is 0.718. The van der Waals surface area contributed by atoms with Crippen molar-refractivity contribution >= 4 is 16.7 Å². The van der Waals surface area contributed by atoms with Crippen LogP contribution in [0.3, 0.4) is 0 Å². The predicted molar refractivity (Wildman–Crippen MR) is 104 cm³/mol. The Balaban J connectivity index is 1.96. The molecule has 0 bridgehead atoms. The van der Waals surface area contributed by atoms with Gasteiger partial charge in [-0.15, -0.1) is 0 Å². The third-order valence-electron chi connectivity index (χ3n) is 4.71. The van der Waals surface area contributed by atoms with Crippen molar-refractivity contribution in [3.8, 4) is 0 Å². The summed E-state index contributed by atoms with van der Waals surface area (Å²) in [4.78, 5) is 6.99. The van der Waals surface area contributed by atoms with E-state index in [1.165, 1.54) is 5.69 Å². The fraction of sp³-hybridized carbons (Fsp3) is 0.381. The summed E-state index contributed by atoms with van der Waals surface area (Å²) >= 11 is 0. The van der Waals surface area contributed by atoms with E-state index in [4.69, 9.17) is 4.98 Å². The molecule has 0 aliphatic heterocycles. The van der Waals surface area contributed by atoms with Crippen LogP contribution in [-0.2, 0) is 6.54 Å². The lowest BCUT2D eigenvalue weighted by molar-refractivity contribution is 0.205. The van der Waals surface area contributed by atoms with Gasteiger partial charge in [-0.25, -0.2) is 4.98 Å². The van der Waals surface area contributed by atoms with E-state index in [0.717, 1.165) is 48.5 Å². The Labute approximate surface area is 149 Å². The van der Waals surface area contributed by atoms with E-state index < -0.39 is 6.10 Å². The molecule has 1 N–H and O–H groups in total. The maximum atomic E-state index is 10.9. The zero-order valence-corrected chi connectivity index (χ0v) is 15.3. The molecule has 25 heavy (non-hydrogen) atoms. The number of aromatic nitrogens is 2. The van der Waals surface area contributed by atoms with Crippen LogP contribution in [-0.4, -0.2) is 27.7 Å². The van der Waals surface area contributed by atoms with Gasteiger partial charge in [0.25, 0.3) is 0 Å². The lowest BCUT2D eigenvalue weighted by Crippen LogP contribution is -2.21. The number of aliphatic hydroxyl groups is 1. The monoisotopic (exact) mass is 337 g/mol. The van der Waals surface area contributed by atoms with Crippen molar-refractivity contribution in [3.63, 3.8) is 0 Å². The van der Waals surface area contributed by atoms with Crippen molar-refractivity contribution in [2.45, 2.75) is 39.8 Å². The quantitative estimate of drug-likeness (QED) is 0.696. The number of aryl methyl sites for hydroxylation is 1. The van der Waals surface area contributed by atoms with Crippen LogP contribution in [0.25, 0.3) is 11.0 Å². The van der Waals surface area contributed by atoms with E-state index in [1.807, 2.05) is 30.3 Å². The van der Waals surface area contributed by atoms with Gasteiger partial charge in [-0.3, -0.25) is 0 Å². The normalized spacial score (nSPS) is 12.5. The maximum absolute atomic E-state index is 10.9. The molecule has 4 heteroatoms. The number of imidazole rings is 1. The van der Waals surface area contributed by atoms with Gasteiger partial charge in [0.2, 0.25) is 0 Å². The molecule has 2 aromatic carbocycles. The standard InChI is InChI=1S/C21H27N3O/c1-4-15-24-19-10-8-7-9-18(19)22-21(24)20(25)16-11-13-17(14-12-16)23(5-2)6-3/h7-14,20,25H,4-6,15H2,1-3H3. The van der Waals surface area contributed by atoms with Crippen LogP contribution >= 0.6 is 0 Å². The summed E-state index contributed by atoms with van der Waals surface area (Å²) in [5.41, 5.74) is 4.08. The van der Waals surface area contributed by atoms with Crippen molar-refractivity contribution < 1.29 is 5.11 Å². The highest BCUT2D eigenvalue weighted by atomic mass is 16.3. The maximum Gasteiger partial charge on any atom is 0.143 e. The predicted octanol–water partition coefficient (Wildman–Crippen LogP) is 4.37. The Kier molecular flexibility index (Phi) is 5.39. The summed E-state index contributed by atoms with van der Waals surface area (Å²) in [5.74, 6) is 0.721. The summed E-state index contributed by atoms with van der Waals surface area (Å²) in [6, 6.07) is 16.3. The molecule has 1 atom stereocenters. The molecule has 0 spiro atoms. The van der Waals surface area contributed by atoms with Gasteiger partial charge in [-0.2, -0.15) is 0 Å². The highest BCUT2D eigenvalue weighted by Gasteiger charge is 2.19. The van der Waals surface area contributed by atoms with Crippen LogP contribution in [0.5, 0.6) is 0 Å². The first-order chi connectivity index (χ1) is 12.2. The van der Waals surface area contributed by atoms with E-state index >= 15 is 0 Å². The van der Waals surface area contributed by atoms with Crippen LogP contribution in [0.1, 0.15) is 44.7 Å². The second-order valence-electron chi connectivity index (χ2n) is 6.28. The minimum Gasteiger partial charge on any atom is -0.380 e. The van der Waals surface area contributed by atoms with Gasteiger partial charge >= 0.3 is 0 Å². The zero-order chi connectivity index (χ0) is 17.8. The van der Waals surface area contributed by atoms with Gasteiger partial charge in [0.05, 0.1) is 11.0 Å². The molecule has 132 valence electrons. The second-order valence-corrected chi connectivity index (χ2v) is 6.28. The summed E-state index contributed by atoms with van der Waals surface area (Å²) in [7, 11) is 0. The highest BCUT2D eigenvalue weighted by molar-refractivity contribution is 5.76. The second kappa shape index (κ2) is 7.70. The van der Waals surface area contributed by atoms with Gasteiger partial charge in [0.1, 0.15) is 11.9 Å². The first kappa shape index (κ1) is 17.5. The fourth-order valence-electron chi connectivity index (χ4n) is 3.37. The van der Waals surface area contributed by atoms with E-state index in [1.54, 1.807) is 0 Å². The summed E-state index contributed by atoms with van der Waals surface area (Å²) in [5, 5.41) is 10.9. The van der Waals surface area contributed by atoms with Crippen molar-refractivity contribution in [1.29, 1.82) is 0 Å². The molecule has 0 saturated carbocycles. The fourth-order valence-corrected chi connectivity index (χ4v) is 3.37. The number of nitrogens with zero attached hydrogens (tertiary/aromatic N) is 3. The van der Waals surface area contributed by atoms with Gasteiger partial charge in [0, 0.05) is 25.3 Å². The molecule has 0 fully saturated rings. The number of para-hydroxylation sites is 2. The third-order valence-corrected chi connectivity index (χ3v) is 4.71. The van der Waals surface area contributed by atoms with Crippen LogP contribution in [0.4, 0.5) is 5.69 Å². The number of anilines is 1. The first-order valence-corrected chi connectivity index (χ1v) is 9.17. The van der Waals surface area contributed by atoms with Crippen molar-refractivity contribution in [1.82, 2.24) is 9.55 Å². The Morgan fingerprint density at radius 2 is 1.68 bits per heavy atom. The molecule has 0 aliphatic rings. The van der Waals surface area contributed by atoms with Crippen LogP contribution in [0, 0.1) is 0 Å². The Bertz CT molecular complexity index is 819. The lowest BCUT2D eigenvalue weighted by atomic mass is 10.1. The number of benzene rings is 2. The molecule has 1 unspecified atom stereocenters. The summed E-state index contributed by atoms with van der Waals surface area (Å²) in [6.07, 6.45) is 0.283. The molecule has 3 rings (SSSR count). The average molecular weight is 337 g/mol. The van der Waals surface area contributed by atoms with E-state index in [0.29, 0.717) is 0 Å². The molecule has 4 nitrogen and oxygen atoms in total. The number of fused-ring (bicyclic) bond motifs is 1. The Morgan fingerprint density at radius 3 is 2.32 bits per heavy atom. The molecule has 1 heterocycles. The number of hydrogen-bond acceptors (Lipinski definition) is 3. The molecular weight excluding hydrogens is 310 g/mol. The summed E-state index contributed by atoms with van der Waals surface area (Å²) < 4.78 is 2.14. The molecular formula is C21H27N3O. The van der Waals surface area contributed by atoms with Crippen molar-refractivity contribution in [3.05, 3.63) is 59.9 Å². The Hall–Kier alpha value is -2.33. The largest absolute Gasteiger partial charge is 0.380 e. The van der Waals surface area contributed by atoms with Gasteiger partial charge in [0.15, 0.2) is 0 Å². The SMILES string of the molecule is CCCn1c(C(O)c2ccc(N(CC)CC)cc2)nc2ccccc21. The van der Waals surface area contributed by atoms with Crippen LogP contribution in [0.15, 0.2) is 48.5 Å². The number of hydrogen-bond donors (Lipinski definition) is 1. The number of aliphatic hydroxyl groups excluding tert-OH is 1.